The molecule has 2 aromatic rings. The van der Waals surface area contributed by atoms with Crippen molar-refractivity contribution >= 4 is 11.6 Å². The fourth-order valence-electron chi connectivity index (χ4n) is 1.76. The Labute approximate surface area is 112 Å². The number of benzene rings is 1. The maximum Gasteiger partial charge on any atom is 0.224 e. The molecular weight excluding hydrogens is 240 g/mol. The van der Waals surface area contributed by atoms with Crippen molar-refractivity contribution < 1.29 is 4.79 Å². The van der Waals surface area contributed by atoms with E-state index < -0.39 is 0 Å². The van der Waals surface area contributed by atoms with Gasteiger partial charge >= 0.3 is 0 Å². The minimum absolute atomic E-state index is 0.0165. The Morgan fingerprint density at radius 1 is 1.32 bits per heavy atom. The molecule has 0 saturated heterocycles. The average Bonchev–Trinajstić information content (AvgIpc) is 2.88. The van der Waals surface area contributed by atoms with Crippen LogP contribution in [0.4, 0.5) is 5.69 Å². The van der Waals surface area contributed by atoms with E-state index in [1.165, 1.54) is 0 Å². The molecule has 0 spiro atoms. The zero-order valence-corrected chi connectivity index (χ0v) is 11.0. The third-order valence-electron chi connectivity index (χ3n) is 2.72. The molecule has 0 atom stereocenters. The second kappa shape index (κ2) is 6.70. The summed E-state index contributed by atoms with van der Waals surface area (Å²) in [5, 5.41) is 10.1. The molecule has 1 aromatic heterocycles. The van der Waals surface area contributed by atoms with Crippen LogP contribution in [0.15, 0.2) is 42.7 Å². The second-order valence-electron chi connectivity index (χ2n) is 4.26. The Morgan fingerprint density at radius 3 is 2.84 bits per heavy atom. The van der Waals surface area contributed by atoms with Gasteiger partial charge in [-0.3, -0.25) is 4.79 Å². The van der Waals surface area contributed by atoms with Crippen molar-refractivity contribution in [3.63, 3.8) is 0 Å². The molecule has 0 unspecified atom stereocenters. The SMILES string of the molecule is CNCCCC(=O)Nc1cnn(-c2ccccc2)c1. The minimum atomic E-state index is 0.0165. The summed E-state index contributed by atoms with van der Waals surface area (Å²) in [5.74, 6) is 0.0165. The molecule has 19 heavy (non-hydrogen) atoms. The van der Waals surface area contributed by atoms with Crippen molar-refractivity contribution in [1.82, 2.24) is 15.1 Å². The molecule has 2 rings (SSSR count). The zero-order valence-electron chi connectivity index (χ0n) is 11.0. The molecule has 0 aliphatic rings. The van der Waals surface area contributed by atoms with E-state index in [2.05, 4.69) is 15.7 Å². The predicted octanol–water partition coefficient (Wildman–Crippen LogP) is 1.81. The Hall–Kier alpha value is -2.14. The maximum atomic E-state index is 11.7. The van der Waals surface area contributed by atoms with E-state index in [-0.39, 0.29) is 5.91 Å². The minimum Gasteiger partial charge on any atom is -0.323 e. The molecule has 1 aromatic carbocycles. The second-order valence-corrected chi connectivity index (χ2v) is 4.26. The van der Waals surface area contributed by atoms with Gasteiger partial charge in [0, 0.05) is 6.42 Å². The molecule has 5 heteroatoms. The number of para-hydroxylation sites is 1. The van der Waals surface area contributed by atoms with Crippen LogP contribution in [0.25, 0.3) is 5.69 Å². The molecule has 0 aliphatic carbocycles. The average molecular weight is 258 g/mol. The van der Waals surface area contributed by atoms with Gasteiger partial charge in [0.25, 0.3) is 0 Å². The van der Waals surface area contributed by atoms with Crippen molar-refractivity contribution in [1.29, 1.82) is 0 Å². The molecule has 0 aliphatic heterocycles. The van der Waals surface area contributed by atoms with Crippen molar-refractivity contribution in [2.24, 2.45) is 0 Å². The van der Waals surface area contributed by atoms with Gasteiger partial charge in [-0.05, 0) is 32.1 Å². The highest BCUT2D eigenvalue weighted by atomic mass is 16.1. The molecule has 0 fully saturated rings. The smallest absolute Gasteiger partial charge is 0.224 e. The number of hydrogen-bond donors (Lipinski definition) is 2. The topological polar surface area (TPSA) is 59.0 Å². The van der Waals surface area contributed by atoms with Gasteiger partial charge in [0.15, 0.2) is 0 Å². The number of hydrogen-bond acceptors (Lipinski definition) is 3. The number of carbonyl (C=O) groups excluding carboxylic acids is 1. The van der Waals surface area contributed by atoms with Gasteiger partial charge in [-0.15, -0.1) is 0 Å². The van der Waals surface area contributed by atoms with Gasteiger partial charge in [0.2, 0.25) is 5.91 Å². The lowest BCUT2D eigenvalue weighted by atomic mass is 10.3. The lowest BCUT2D eigenvalue weighted by Crippen LogP contribution is -2.14. The summed E-state index contributed by atoms with van der Waals surface area (Å²) in [7, 11) is 1.88. The number of nitrogens with zero attached hydrogens (tertiary/aromatic N) is 2. The molecule has 1 amide bonds. The molecule has 5 nitrogen and oxygen atoms in total. The first-order valence-electron chi connectivity index (χ1n) is 6.34. The van der Waals surface area contributed by atoms with E-state index in [4.69, 9.17) is 0 Å². The number of anilines is 1. The van der Waals surface area contributed by atoms with E-state index >= 15 is 0 Å². The molecule has 100 valence electrons. The fraction of sp³-hybridized carbons (Fsp3) is 0.286. The quantitative estimate of drug-likeness (QED) is 0.777. The summed E-state index contributed by atoms with van der Waals surface area (Å²) in [5.41, 5.74) is 1.69. The lowest BCUT2D eigenvalue weighted by Gasteiger charge is -2.02. The van der Waals surface area contributed by atoms with Crippen LogP contribution < -0.4 is 10.6 Å². The Morgan fingerprint density at radius 2 is 2.11 bits per heavy atom. The van der Waals surface area contributed by atoms with E-state index in [0.29, 0.717) is 6.42 Å². The highest BCUT2D eigenvalue weighted by molar-refractivity contribution is 5.90. The third kappa shape index (κ3) is 3.93. The van der Waals surface area contributed by atoms with Crippen LogP contribution in [0, 0.1) is 0 Å². The number of nitrogens with one attached hydrogen (secondary N) is 2. The van der Waals surface area contributed by atoms with Crippen LogP contribution >= 0.6 is 0 Å². The van der Waals surface area contributed by atoms with Crippen molar-refractivity contribution in [3.05, 3.63) is 42.7 Å². The number of aromatic nitrogens is 2. The van der Waals surface area contributed by atoms with Gasteiger partial charge < -0.3 is 10.6 Å². The number of amides is 1. The Bertz CT molecular complexity index is 521. The summed E-state index contributed by atoms with van der Waals surface area (Å²) in [6, 6.07) is 9.79. The standard InChI is InChI=1S/C14H18N4O/c1-15-9-5-8-14(19)17-12-10-16-18(11-12)13-6-3-2-4-7-13/h2-4,6-7,10-11,15H,5,8-9H2,1H3,(H,17,19). The summed E-state index contributed by atoms with van der Waals surface area (Å²) >= 11 is 0. The maximum absolute atomic E-state index is 11.7. The van der Waals surface area contributed by atoms with Gasteiger partial charge in [-0.25, -0.2) is 4.68 Å². The first-order valence-corrected chi connectivity index (χ1v) is 6.34. The van der Waals surface area contributed by atoms with Crippen molar-refractivity contribution in [3.8, 4) is 5.69 Å². The monoisotopic (exact) mass is 258 g/mol. The van der Waals surface area contributed by atoms with Crippen LogP contribution in [0.3, 0.4) is 0 Å². The first-order chi connectivity index (χ1) is 9.29. The van der Waals surface area contributed by atoms with Crippen LogP contribution in [0.2, 0.25) is 0 Å². The highest BCUT2D eigenvalue weighted by Crippen LogP contribution is 2.11. The zero-order chi connectivity index (χ0) is 13.5. The van der Waals surface area contributed by atoms with E-state index in [1.54, 1.807) is 10.9 Å². The third-order valence-corrected chi connectivity index (χ3v) is 2.72. The summed E-state index contributed by atoms with van der Waals surface area (Å²) in [6.45, 7) is 0.844. The predicted molar refractivity (Wildman–Crippen MR) is 75.4 cm³/mol. The highest BCUT2D eigenvalue weighted by Gasteiger charge is 2.04. The van der Waals surface area contributed by atoms with Crippen molar-refractivity contribution in [2.45, 2.75) is 12.8 Å². The number of carbonyl (C=O) groups is 1. The summed E-state index contributed by atoms with van der Waals surface area (Å²) in [6.07, 6.45) is 4.81. The lowest BCUT2D eigenvalue weighted by molar-refractivity contribution is -0.116. The first kappa shape index (κ1) is 13.3. The van der Waals surface area contributed by atoms with E-state index in [0.717, 1.165) is 24.3 Å². The summed E-state index contributed by atoms with van der Waals surface area (Å²) in [4.78, 5) is 11.7. The van der Waals surface area contributed by atoms with Crippen LogP contribution in [-0.2, 0) is 4.79 Å². The van der Waals surface area contributed by atoms with Gasteiger partial charge in [-0.1, -0.05) is 18.2 Å². The molecular formula is C14H18N4O. The molecule has 0 saturated carbocycles. The van der Waals surface area contributed by atoms with Crippen molar-refractivity contribution in [2.75, 3.05) is 18.9 Å². The van der Waals surface area contributed by atoms with Gasteiger partial charge in [0.05, 0.1) is 23.8 Å². The Kier molecular flexibility index (Phi) is 4.69. The largest absolute Gasteiger partial charge is 0.323 e. The van der Waals surface area contributed by atoms with Crippen LogP contribution in [-0.4, -0.2) is 29.3 Å². The summed E-state index contributed by atoms with van der Waals surface area (Å²) < 4.78 is 1.74. The van der Waals surface area contributed by atoms with Gasteiger partial charge in [-0.2, -0.15) is 5.10 Å². The van der Waals surface area contributed by atoms with Crippen LogP contribution in [0.1, 0.15) is 12.8 Å². The fourth-order valence-corrected chi connectivity index (χ4v) is 1.76. The molecule has 0 bridgehead atoms. The van der Waals surface area contributed by atoms with E-state index in [9.17, 15) is 4.79 Å². The Balaban J connectivity index is 1.93. The normalized spacial score (nSPS) is 10.4. The van der Waals surface area contributed by atoms with Gasteiger partial charge in [0.1, 0.15) is 0 Å². The van der Waals surface area contributed by atoms with Crippen LogP contribution in [0.5, 0.6) is 0 Å². The van der Waals surface area contributed by atoms with E-state index in [1.807, 2.05) is 43.6 Å². The number of rotatable bonds is 6. The molecule has 1 heterocycles. The molecule has 2 N–H and O–H groups in total. The molecule has 0 radical (unpaired) electrons.